The first kappa shape index (κ1) is 20.0. The molecule has 0 saturated heterocycles. The van der Waals surface area contributed by atoms with Gasteiger partial charge in [-0.1, -0.05) is 49.6 Å². The Labute approximate surface area is 167 Å². The third-order valence-electron chi connectivity index (χ3n) is 4.53. The zero-order valence-electron chi connectivity index (χ0n) is 15.7. The number of aromatic nitrogens is 1. The molecule has 3 rings (SSSR count). The first-order valence-corrected chi connectivity index (χ1v) is 10.1. The molecule has 1 aromatic heterocycles. The topological polar surface area (TPSA) is 97.4 Å². The summed E-state index contributed by atoms with van der Waals surface area (Å²) in [5, 5.41) is 5.69. The van der Waals surface area contributed by atoms with Crippen molar-refractivity contribution in [1.82, 2.24) is 15.6 Å². The minimum absolute atomic E-state index is 0.0975. The Kier molecular flexibility index (Phi) is 6.76. The second-order valence-electron chi connectivity index (χ2n) is 6.73. The van der Waals surface area contributed by atoms with Crippen LogP contribution < -0.4 is 10.6 Å². The van der Waals surface area contributed by atoms with Crippen LogP contribution in [-0.4, -0.2) is 35.5 Å². The summed E-state index contributed by atoms with van der Waals surface area (Å²) < 4.78 is 5.05. The molecule has 0 bridgehead atoms. The number of hydrogen-bond acceptors (Lipinski definition) is 6. The Bertz CT molecular complexity index is 844. The highest BCUT2D eigenvalue weighted by atomic mass is 32.1. The van der Waals surface area contributed by atoms with Crippen LogP contribution in [0.3, 0.4) is 0 Å². The average molecular weight is 401 g/mol. The first-order valence-electron chi connectivity index (χ1n) is 9.33. The third-order valence-corrected chi connectivity index (χ3v) is 5.72. The normalized spacial score (nSPS) is 14.3. The quantitative estimate of drug-likeness (QED) is 0.748. The number of imide groups is 1. The van der Waals surface area contributed by atoms with E-state index in [0.29, 0.717) is 15.6 Å². The number of thiazole rings is 1. The fraction of sp³-hybridized carbons (Fsp3) is 0.400. The average Bonchev–Trinajstić information content (AvgIpc) is 3.09. The summed E-state index contributed by atoms with van der Waals surface area (Å²) in [6.45, 7) is 1.20. The zero-order chi connectivity index (χ0) is 19.9. The number of urea groups is 1. The molecule has 0 spiro atoms. The standard InChI is InChI=1S/C20H23N3O4S/c1-13-17(28-18(21-13)14-8-4-2-5-9-14)19(25)27-12-16(24)23-20(26)22-15-10-6-3-7-11-15/h2,4-5,8-9,15H,3,6-7,10-12H2,1H3,(H2,22,23,24,26). The maximum Gasteiger partial charge on any atom is 0.350 e. The number of ether oxygens (including phenoxy) is 1. The molecule has 1 aromatic carbocycles. The van der Waals surface area contributed by atoms with Gasteiger partial charge in [0, 0.05) is 11.6 Å². The fourth-order valence-electron chi connectivity index (χ4n) is 3.12. The monoisotopic (exact) mass is 401 g/mol. The van der Waals surface area contributed by atoms with E-state index in [-0.39, 0.29) is 6.04 Å². The summed E-state index contributed by atoms with van der Waals surface area (Å²) in [4.78, 5) is 40.8. The van der Waals surface area contributed by atoms with Crippen LogP contribution in [0.15, 0.2) is 30.3 Å². The van der Waals surface area contributed by atoms with Gasteiger partial charge < -0.3 is 10.1 Å². The molecule has 0 atom stereocenters. The Morgan fingerprint density at radius 3 is 2.57 bits per heavy atom. The highest BCUT2D eigenvalue weighted by Crippen LogP contribution is 2.28. The second kappa shape index (κ2) is 9.45. The molecule has 2 N–H and O–H groups in total. The van der Waals surface area contributed by atoms with E-state index in [1.165, 1.54) is 17.8 Å². The van der Waals surface area contributed by atoms with Gasteiger partial charge in [-0.25, -0.2) is 14.6 Å². The lowest BCUT2D eigenvalue weighted by Crippen LogP contribution is -2.46. The number of nitrogens with one attached hydrogen (secondary N) is 2. The van der Waals surface area contributed by atoms with Gasteiger partial charge in [0.15, 0.2) is 6.61 Å². The molecule has 1 fully saturated rings. The van der Waals surface area contributed by atoms with Gasteiger partial charge in [-0.2, -0.15) is 0 Å². The van der Waals surface area contributed by atoms with E-state index in [4.69, 9.17) is 4.74 Å². The van der Waals surface area contributed by atoms with E-state index in [9.17, 15) is 14.4 Å². The largest absolute Gasteiger partial charge is 0.451 e. The van der Waals surface area contributed by atoms with Crippen molar-refractivity contribution in [1.29, 1.82) is 0 Å². The Balaban J connectivity index is 1.49. The number of carbonyl (C=O) groups is 3. The third kappa shape index (κ3) is 5.39. The number of aryl methyl sites for hydroxylation is 1. The summed E-state index contributed by atoms with van der Waals surface area (Å²) in [6, 6.07) is 9.06. The molecule has 1 aliphatic rings. The second-order valence-corrected chi connectivity index (χ2v) is 7.73. The number of rotatable bonds is 5. The van der Waals surface area contributed by atoms with Crippen LogP contribution in [-0.2, 0) is 9.53 Å². The summed E-state index contributed by atoms with van der Waals surface area (Å²) in [7, 11) is 0. The smallest absolute Gasteiger partial charge is 0.350 e. The molecule has 0 radical (unpaired) electrons. The Morgan fingerprint density at radius 1 is 1.14 bits per heavy atom. The molecule has 2 aromatic rings. The Morgan fingerprint density at radius 2 is 1.86 bits per heavy atom. The maximum absolute atomic E-state index is 12.3. The van der Waals surface area contributed by atoms with E-state index in [1.807, 2.05) is 30.3 Å². The first-order chi connectivity index (χ1) is 13.5. The van der Waals surface area contributed by atoms with Crippen LogP contribution in [0.5, 0.6) is 0 Å². The van der Waals surface area contributed by atoms with Gasteiger partial charge in [-0.05, 0) is 19.8 Å². The molecule has 0 unspecified atom stereocenters. The molecule has 3 amide bonds. The molecule has 1 aliphatic carbocycles. The van der Waals surface area contributed by atoms with Gasteiger partial charge in [0.05, 0.1) is 5.69 Å². The minimum atomic E-state index is -0.660. The van der Waals surface area contributed by atoms with Gasteiger partial charge in [0.1, 0.15) is 9.88 Å². The van der Waals surface area contributed by atoms with Crippen LogP contribution in [0.1, 0.15) is 47.5 Å². The summed E-state index contributed by atoms with van der Waals surface area (Å²) in [5.74, 6) is -1.29. The van der Waals surface area contributed by atoms with E-state index in [0.717, 1.165) is 31.2 Å². The van der Waals surface area contributed by atoms with Gasteiger partial charge >= 0.3 is 12.0 Å². The predicted octanol–water partition coefficient (Wildman–Crippen LogP) is 3.43. The van der Waals surface area contributed by atoms with Crippen molar-refractivity contribution in [3.05, 3.63) is 40.9 Å². The van der Waals surface area contributed by atoms with Crippen molar-refractivity contribution < 1.29 is 19.1 Å². The van der Waals surface area contributed by atoms with Crippen LogP contribution in [0.2, 0.25) is 0 Å². The van der Waals surface area contributed by atoms with E-state index in [1.54, 1.807) is 6.92 Å². The summed E-state index contributed by atoms with van der Waals surface area (Å²) in [5.41, 5.74) is 1.45. The van der Waals surface area contributed by atoms with E-state index < -0.39 is 24.5 Å². The number of nitrogens with zero attached hydrogens (tertiary/aromatic N) is 1. The van der Waals surface area contributed by atoms with Crippen LogP contribution in [0.25, 0.3) is 10.6 Å². The lowest BCUT2D eigenvalue weighted by molar-refractivity contribution is -0.123. The Hall–Kier alpha value is -2.74. The number of carbonyl (C=O) groups excluding carboxylic acids is 3. The van der Waals surface area contributed by atoms with Gasteiger partial charge in [0.2, 0.25) is 0 Å². The lowest BCUT2D eigenvalue weighted by Gasteiger charge is -2.22. The molecule has 28 heavy (non-hydrogen) atoms. The molecule has 0 aliphatic heterocycles. The highest BCUT2D eigenvalue weighted by Gasteiger charge is 2.20. The van der Waals surface area contributed by atoms with Crippen LogP contribution in [0, 0.1) is 6.92 Å². The summed E-state index contributed by atoms with van der Waals surface area (Å²) in [6.07, 6.45) is 5.18. The highest BCUT2D eigenvalue weighted by molar-refractivity contribution is 7.17. The number of benzene rings is 1. The van der Waals surface area contributed by atoms with Crippen molar-refractivity contribution in [3.8, 4) is 10.6 Å². The van der Waals surface area contributed by atoms with Gasteiger partial charge in [0.25, 0.3) is 5.91 Å². The summed E-state index contributed by atoms with van der Waals surface area (Å²) >= 11 is 1.21. The predicted molar refractivity (Wildman–Crippen MR) is 106 cm³/mol. The number of esters is 1. The fourth-order valence-corrected chi connectivity index (χ4v) is 4.08. The molecule has 148 valence electrons. The maximum atomic E-state index is 12.3. The van der Waals surface area contributed by atoms with Crippen molar-refractivity contribution >= 4 is 29.2 Å². The molecule has 1 saturated carbocycles. The lowest BCUT2D eigenvalue weighted by atomic mass is 9.96. The SMILES string of the molecule is Cc1nc(-c2ccccc2)sc1C(=O)OCC(=O)NC(=O)NC1CCCCC1. The molecular weight excluding hydrogens is 378 g/mol. The van der Waals surface area contributed by atoms with Crippen LogP contribution in [0.4, 0.5) is 4.79 Å². The molecule has 7 nitrogen and oxygen atoms in total. The van der Waals surface area contributed by atoms with Crippen molar-refractivity contribution in [2.75, 3.05) is 6.61 Å². The van der Waals surface area contributed by atoms with Crippen molar-refractivity contribution in [2.24, 2.45) is 0 Å². The number of hydrogen-bond donors (Lipinski definition) is 2. The van der Waals surface area contributed by atoms with Gasteiger partial charge in [-0.15, -0.1) is 11.3 Å². The van der Waals surface area contributed by atoms with Gasteiger partial charge in [-0.3, -0.25) is 10.1 Å². The van der Waals surface area contributed by atoms with Crippen molar-refractivity contribution in [2.45, 2.75) is 45.1 Å². The van der Waals surface area contributed by atoms with E-state index in [2.05, 4.69) is 15.6 Å². The molecule has 1 heterocycles. The van der Waals surface area contributed by atoms with Crippen LogP contribution >= 0.6 is 11.3 Å². The molecular formula is C20H23N3O4S. The minimum Gasteiger partial charge on any atom is -0.451 e. The zero-order valence-corrected chi connectivity index (χ0v) is 16.5. The van der Waals surface area contributed by atoms with Crippen molar-refractivity contribution in [3.63, 3.8) is 0 Å². The molecule has 8 heteroatoms. The van der Waals surface area contributed by atoms with E-state index >= 15 is 0 Å². The number of amides is 3.